The van der Waals surface area contributed by atoms with Crippen molar-refractivity contribution in [3.8, 4) is 17.2 Å². The molecule has 254 valence electrons. The summed E-state index contributed by atoms with van der Waals surface area (Å²) in [6.07, 6.45) is -2.23. The quantitative estimate of drug-likeness (QED) is 0.192. The average molecular weight is 657 g/mol. The SMILES string of the molecule is CC[C@@]1(O)C[C@H](O[C@H]2CC[C@H](O[C@H]3CC[C@H](O)[C@H](C)O3)[C@H](C)O2)c2c(cc3c(c2O)C(=O)c2c(O)ccc(O)c2C3=O)[C@H]1C(=O)OC. The van der Waals surface area contributed by atoms with Crippen LogP contribution in [0.5, 0.6) is 17.2 Å². The molecule has 0 spiro atoms. The number of fused-ring (bicyclic) bond motifs is 3. The second kappa shape index (κ2) is 12.5. The van der Waals surface area contributed by atoms with Gasteiger partial charge in [-0.25, -0.2) is 0 Å². The van der Waals surface area contributed by atoms with Gasteiger partial charge in [0.2, 0.25) is 5.78 Å². The number of phenols is 3. The second-order valence-corrected chi connectivity index (χ2v) is 12.8. The van der Waals surface area contributed by atoms with Crippen LogP contribution in [0.15, 0.2) is 18.2 Å². The number of aliphatic hydroxyl groups is 2. The van der Waals surface area contributed by atoms with E-state index < -0.39 is 93.9 Å². The van der Waals surface area contributed by atoms with Crippen LogP contribution in [-0.4, -0.2) is 92.8 Å². The third kappa shape index (κ3) is 5.58. The van der Waals surface area contributed by atoms with Crippen molar-refractivity contribution in [1.82, 2.24) is 0 Å². The van der Waals surface area contributed by atoms with Crippen LogP contribution in [0.1, 0.15) is 114 Å². The Bertz CT molecular complexity index is 1600. The van der Waals surface area contributed by atoms with Crippen molar-refractivity contribution in [3.05, 3.63) is 51.6 Å². The van der Waals surface area contributed by atoms with Gasteiger partial charge in [0.1, 0.15) is 23.2 Å². The van der Waals surface area contributed by atoms with Gasteiger partial charge in [-0.2, -0.15) is 0 Å². The fourth-order valence-electron chi connectivity index (χ4n) is 7.38. The highest BCUT2D eigenvalue weighted by molar-refractivity contribution is 6.31. The molecular weight excluding hydrogens is 616 g/mol. The molecule has 0 saturated carbocycles. The molecule has 4 aliphatic rings. The highest BCUT2D eigenvalue weighted by Gasteiger charge is 2.53. The first-order chi connectivity index (χ1) is 22.3. The monoisotopic (exact) mass is 656 g/mol. The molecule has 5 N–H and O–H groups in total. The molecule has 13 nitrogen and oxygen atoms in total. The molecule has 2 aromatic carbocycles. The van der Waals surface area contributed by atoms with Crippen LogP contribution in [0.25, 0.3) is 0 Å². The van der Waals surface area contributed by atoms with Crippen LogP contribution < -0.4 is 0 Å². The van der Waals surface area contributed by atoms with Crippen molar-refractivity contribution in [2.75, 3.05) is 7.11 Å². The first-order valence-corrected chi connectivity index (χ1v) is 15.9. The van der Waals surface area contributed by atoms with Gasteiger partial charge in [-0.15, -0.1) is 0 Å². The minimum Gasteiger partial charge on any atom is -0.507 e. The minimum atomic E-state index is -1.74. The summed E-state index contributed by atoms with van der Waals surface area (Å²) in [5.41, 5.74) is -3.30. The highest BCUT2D eigenvalue weighted by atomic mass is 16.7. The van der Waals surface area contributed by atoms with Crippen molar-refractivity contribution in [3.63, 3.8) is 0 Å². The number of esters is 1. The fraction of sp³-hybridized carbons (Fsp3) is 0.559. The maximum absolute atomic E-state index is 13.7. The smallest absolute Gasteiger partial charge is 0.316 e. The number of aromatic hydroxyl groups is 3. The van der Waals surface area contributed by atoms with E-state index in [-0.39, 0.29) is 41.7 Å². The van der Waals surface area contributed by atoms with Gasteiger partial charge in [0.15, 0.2) is 18.4 Å². The number of methoxy groups -OCH3 is 1. The van der Waals surface area contributed by atoms with Crippen molar-refractivity contribution >= 4 is 17.5 Å². The van der Waals surface area contributed by atoms with Crippen LogP contribution in [0, 0.1) is 0 Å². The standard InChI is InChI=1S/C34H40O13/c1-5-34(42)13-22(47-24-11-9-21(15(3)45-24)46-23-10-8-18(35)14(2)44-23)25-16(29(34)33(41)43-4)12-17-26(31(25)39)32(40)28-20(37)7-6-19(36)27(28)30(17)38/h6-7,12,14-15,18,21-24,29,35-37,39,42H,5,8-11,13H2,1-4H3/t14-,15-,18-,21-,22-,23-,24-,29-,34+/m0/s1. The zero-order valence-corrected chi connectivity index (χ0v) is 26.6. The first kappa shape index (κ1) is 33.3. The summed E-state index contributed by atoms with van der Waals surface area (Å²) >= 11 is 0. The number of benzene rings is 2. The maximum Gasteiger partial charge on any atom is 0.316 e. The molecule has 2 aliphatic heterocycles. The molecule has 0 aromatic heterocycles. The zero-order valence-electron chi connectivity index (χ0n) is 26.6. The van der Waals surface area contributed by atoms with Crippen molar-refractivity contribution in [2.45, 2.75) is 114 Å². The molecular formula is C34H40O13. The van der Waals surface area contributed by atoms with Crippen molar-refractivity contribution < 1.29 is 63.6 Å². The fourth-order valence-corrected chi connectivity index (χ4v) is 7.38. The van der Waals surface area contributed by atoms with Gasteiger partial charge in [-0.05, 0) is 56.9 Å². The molecule has 2 saturated heterocycles. The van der Waals surface area contributed by atoms with E-state index in [9.17, 15) is 39.9 Å². The summed E-state index contributed by atoms with van der Waals surface area (Å²) in [5.74, 6) is -5.66. The van der Waals surface area contributed by atoms with Crippen molar-refractivity contribution in [2.24, 2.45) is 0 Å². The molecule has 2 aliphatic carbocycles. The Balaban J connectivity index is 1.35. The average Bonchev–Trinajstić information content (AvgIpc) is 3.03. The van der Waals surface area contributed by atoms with E-state index in [1.165, 1.54) is 6.07 Å². The van der Waals surface area contributed by atoms with E-state index in [0.717, 1.165) is 19.2 Å². The summed E-state index contributed by atoms with van der Waals surface area (Å²) in [6.45, 7) is 5.29. The van der Waals surface area contributed by atoms with Crippen LogP contribution in [0.4, 0.5) is 0 Å². The maximum atomic E-state index is 13.7. The number of aliphatic hydroxyl groups excluding tert-OH is 1. The first-order valence-electron chi connectivity index (χ1n) is 15.9. The van der Waals surface area contributed by atoms with Crippen molar-refractivity contribution in [1.29, 1.82) is 0 Å². The molecule has 9 atom stereocenters. The molecule has 47 heavy (non-hydrogen) atoms. The lowest BCUT2D eigenvalue weighted by Crippen LogP contribution is -2.48. The van der Waals surface area contributed by atoms with Crippen LogP contribution in [0.3, 0.4) is 0 Å². The Hall–Kier alpha value is -3.59. The molecule has 13 heteroatoms. The predicted molar refractivity (Wildman–Crippen MR) is 161 cm³/mol. The van der Waals surface area contributed by atoms with E-state index >= 15 is 0 Å². The third-order valence-electron chi connectivity index (χ3n) is 10.0. The van der Waals surface area contributed by atoms with Gasteiger partial charge < -0.3 is 49.2 Å². The van der Waals surface area contributed by atoms with E-state index in [1.807, 2.05) is 6.92 Å². The number of rotatable bonds is 6. The highest BCUT2D eigenvalue weighted by Crippen LogP contribution is 2.54. The number of ether oxygens (including phenoxy) is 5. The third-order valence-corrected chi connectivity index (χ3v) is 10.0. The lowest BCUT2D eigenvalue weighted by Gasteiger charge is -2.45. The Morgan fingerprint density at radius 1 is 0.915 bits per heavy atom. The van der Waals surface area contributed by atoms with E-state index in [2.05, 4.69) is 0 Å². The lowest BCUT2D eigenvalue weighted by atomic mass is 9.67. The largest absolute Gasteiger partial charge is 0.507 e. The predicted octanol–water partition coefficient (Wildman–Crippen LogP) is 3.23. The summed E-state index contributed by atoms with van der Waals surface area (Å²) in [7, 11) is 1.15. The Morgan fingerprint density at radius 3 is 2.15 bits per heavy atom. The topological polar surface area (TPSA) is 199 Å². The van der Waals surface area contributed by atoms with Gasteiger partial charge >= 0.3 is 5.97 Å². The van der Waals surface area contributed by atoms with Crippen LogP contribution in [-0.2, 0) is 28.5 Å². The molecule has 0 bridgehead atoms. The number of carbonyl (C=O) groups excluding carboxylic acids is 3. The molecule has 0 amide bonds. The number of phenolic OH excluding ortho intramolecular Hbond substituents is 3. The molecule has 2 fully saturated rings. The van der Waals surface area contributed by atoms with Crippen LogP contribution in [0.2, 0.25) is 0 Å². The number of carbonyl (C=O) groups is 3. The number of hydrogen-bond acceptors (Lipinski definition) is 13. The lowest BCUT2D eigenvalue weighted by molar-refractivity contribution is -0.289. The zero-order chi connectivity index (χ0) is 33.9. The summed E-state index contributed by atoms with van der Waals surface area (Å²) in [5, 5.41) is 54.5. The van der Waals surface area contributed by atoms with Gasteiger partial charge in [0.05, 0.1) is 59.9 Å². The summed E-state index contributed by atoms with van der Waals surface area (Å²) in [6, 6.07) is 3.40. The Kier molecular flexibility index (Phi) is 8.83. The van der Waals surface area contributed by atoms with E-state index in [4.69, 9.17) is 23.7 Å². The Morgan fingerprint density at radius 2 is 1.53 bits per heavy atom. The number of hydrogen-bond donors (Lipinski definition) is 5. The normalized spacial score (nSPS) is 33.5. The van der Waals surface area contributed by atoms with Gasteiger partial charge in [0, 0.05) is 30.4 Å². The van der Waals surface area contributed by atoms with Gasteiger partial charge in [-0.3, -0.25) is 14.4 Å². The molecule has 2 heterocycles. The number of ketones is 2. The molecule has 0 unspecified atom stereocenters. The second-order valence-electron chi connectivity index (χ2n) is 12.8. The van der Waals surface area contributed by atoms with E-state index in [1.54, 1.807) is 13.8 Å². The molecule has 0 radical (unpaired) electrons. The summed E-state index contributed by atoms with van der Waals surface area (Å²) < 4.78 is 29.6. The molecule has 2 aromatic rings. The summed E-state index contributed by atoms with van der Waals surface area (Å²) in [4.78, 5) is 40.6. The van der Waals surface area contributed by atoms with Gasteiger partial charge in [0.25, 0.3) is 0 Å². The Labute approximate surface area is 271 Å². The van der Waals surface area contributed by atoms with Crippen LogP contribution >= 0.6 is 0 Å². The molecule has 6 rings (SSSR count). The minimum absolute atomic E-state index is 0.0132. The van der Waals surface area contributed by atoms with E-state index in [0.29, 0.717) is 25.7 Å². The van der Waals surface area contributed by atoms with Gasteiger partial charge in [-0.1, -0.05) is 6.92 Å².